The second-order valence-corrected chi connectivity index (χ2v) is 18.4. The van der Waals surface area contributed by atoms with Gasteiger partial charge in [0, 0.05) is 91.5 Å². The Morgan fingerprint density at radius 2 is 0.604 bits per heavy atom. The van der Waals surface area contributed by atoms with Crippen molar-refractivity contribution in [1.82, 2.24) is 0 Å². The van der Waals surface area contributed by atoms with E-state index in [4.69, 9.17) is 4.42 Å². The van der Waals surface area contributed by atoms with Gasteiger partial charge in [-0.25, -0.2) is 0 Å². The molecule has 53 heavy (non-hydrogen) atoms. The van der Waals surface area contributed by atoms with E-state index in [1.165, 1.54) is 103 Å². The number of fused-ring (bicyclic) bond motifs is 15. The largest absolute Gasteiger partial charge is 0.456 e. The van der Waals surface area contributed by atoms with E-state index in [1.54, 1.807) is 0 Å². The van der Waals surface area contributed by atoms with Crippen molar-refractivity contribution in [2.24, 2.45) is 0 Å². The average Bonchev–Trinajstić information content (AvgIpc) is 4.01. The molecule has 0 spiro atoms. The van der Waals surface area contributed by atoms with Crippen LogP contribution in [0.2, 0.25) is 0 Å². The molecule has 0 fully saturated rings. The zero-order valence-electron chi connectivity index (χ0n) is 27.9. The highest BCUT2D eigenvalue weighted by Crippen LogP contribution is 2.45. The molecule has 8 aromatic carbocycles. The molecule has 5 aromatic heterocycles. The van der Waals surface area contributed by atoms with Crippen LogP contribution in [-0.2, 0) is 0 Å². The maximum absolute atomic E-state index is 6.40. The van der Waals surface area contributed by atoms with Crippen molar-refractivity contribution in [1.29, 1.82) is 0 Å². The Bertz CT molecular complexity index is 3700. The highest BCUT2D eigenvalue weighted by atomic mass is 32.1. The maximum atomic E-state index is 6.40. The molecule has 246 valence electrons. The van der Waals surface area contributed by atoms with E-state index in [0.29, 0.717) is 0 Å². The molecule has 0 saturated heterocycles. The predicted molar refractivity (Wildman–Crippen MR) is 236 cm³/mol. The molecule has 0 amide bonds. The molecule has 0 N–H and O–H groups in total. The van der Waals surface area contributed by atoms with Crippen LogP contribution in [0.5, 0.6) is 0 Å². The molecule has 13 aromatic rings. The van der Waals surface area contributed by atoms with Crippen molar-refractivity contribution in [3.8, 4) is 22.3 Å². The Labute approximate surface area is 318 Å². The van der Waals surface area contributed by atoms with Gasteiger partial charge in [0.2, 0.25) is 0 Å². The van der Waals surface area contributed by atoms with Crippen molar-refractivity contribution in [2.45, 2.75) is 0 Å². The Morgan fingerprint density at radius 1 is 0.245 bits per heavy atom. The number of thiophene rings is 4. The van der Waals surface area contributed by atoms with Gasteiger partial charge < -0.3 is 4.42 Å². The quantitative estimate of drug-likeness (QED) is 0.172. The summed E-state index contributed by atoms with van der Waals surface area (Å²) in [7, 11) is 0. The number of benzene rings is 8. The Balaban J connectivity index is 0.932. The van der Waals surface area contributed by atoms with Gasteiger partial charge in [0.05, 0.1) is 0 Å². The van der Waals surface area contributed by atoms with Gasteiger partial charge >= 0.3 is 0 Å². The van der Waals surface area contributed by atoms with Crippen molar-refractivity contribution in [2.75, 3.05) is 0 Å². The number of furan rings is 1. The van der Waals surface area contributed by atoms with Crippen molar-refractivity contribution in [3.63, 3.8) is 0 Å². The minimum Gasteiger partial charge on any atom is -0.456 e. The first-order valence-corrected chi connectivity index (χ1v) is 21.0. The molecular weight excluding hydrogens is 721 g/mol. The molecule has 0 unspecified atom stereocenters. The predicted octanol–water partition coefficient (Wildman–Crippen LogP) is 16.4. The standard InChI is InChI=1S/C48H24OS4/c1-3-7-41-29(5-1)35-21-36-33-19-27(11-15-43(33)53-48(36)24-47(35)51-41)25-9-13-39-31(17-25)32-18-26(10-14-40(32)49-39)28-12-16-44-34(20-28)38-23-45-37(22-46(38)52-44)30-6-2-4-8-42(30)50-45/h1-24H. The third-order valence-corrected chi connectivity index (χ3v) is 15.6. The van der Waals surface area contributed by atoms with E-state index >= 15 is 0 Å². The lowest BCUT2D eigenvalue weighted by Gasteiger charge is -2.04. The van der Waals surface area contributed by atoms with Crippen LogP contribution >= 0.6 is 45.3 Å². The summed E-state index contributed by atoms with van der Waals surface area (Å²) in [6, 6.07) is 54.4. The molecule has 0 bridgehead atoms. The fourth-order valence-electron chi connectivity index (χ4n) is 8.49. The minimum absolute atomic E-state index is 0.918. The zero-order valence-corrected chi connectivity index (χ0v) is 31.2. The van der Waals surface area contributed by atoms with Gasteiger partial charge in [-0.05, 0) is 107 Å². The summed E-state index contributed by atoms with van der Waals surface area (Å²) in [4.78, 5) is 0. The SMILES string of the molecule is c1ccc2c(c1)sc1cc3c(cc12)sc1ccc(-c2ccc4oc5ccc(-c6ccc7sc8cc9sc%10ccccc%10c9cc8c7c6)cc5c4c2)cc13. The van der Waals surface area contributed by atoms with E-state index in [1.807, 2.05) is 45.3 Å². The molecule has 0 aliphatic rings. The van der Waals surface area contributed by atoms with Crippen LogP contribution in [0.1, 0.15) is 0 Å². The Hall–Kier alpha value is -5.56. The number of rotatable bonds is 2. The van der Waals surface area contributed by atoms with Crippen molar-refractivity contribution in [3.05, 3.63) is 146 Å². The first kappa shape index (κ1) is 29.0. The lowest BCUT2D eigenvalue weighted by Crippen LogP contribution is -1.79. The summed E-state index contributed by atoms with van der Waals surface area (Å²) in [5.74, 6) is 0. The van der Waals surface area contributed by atoms with Crippen LogP contribution in [0.15, 0.2) is 150 Å². The topological polar surface area (TPSA) is 13.1 Å². The van der Waals surface area contributed by atoms with E-state index in [9.17, 15) is 0 Å². The fourth-order valence-corrected chi connectivity index (χ4v) is 13.0. The molecular formula is C48H24OS4. The molecule has 0 aliphatic carbocycles. The van der Waals surface area contributed by atoms with Crippen LogP contribution in [0.4, 0.5) is 0 Å². The third-order valence-electron chi connectivity index (χ3n) is 11.1. The van der Waals surface area contributed by atoms with Crippen LogP contribution in [0.25, 0.3) is 125 Å². The van der Waals surface area contributed by atoms with Gasteiger partial charge in [-0.15, -0.1) is 45.3 Å². The van der Waals surface area contributed by atoms with Gasteiger partial charge in [0.15, 0.2) is 0 Å². The van der Waals surface area contributed by atoms with E-state index in [2.05, 4.69) is 146 Å². The normalized spacial score (nSPS) is 12.5. The lowest BCUT2D eigenvalue weighted by molar-refractivity contribution is 0.669. The fraction of sp³-hybridized carbons (Fsp3) is 0. The maximum Gasteiger partial charge on any atom is 0.135 e. The van der Waals surface area contributed by atoms with Gasteiger partial charge in [-0.1, -0.05) is 60.7 Å². The molecule has 0 saturated carbocycles. The molecule has 0 atom stereocenters. The van der Waals surface area contributed by atoms with Crippen LogP contribution < -0.4 is 0 Å². The first-order valence-electron chi connectivity index (χ1n) is 17.7. The molecule has 5 heterocycles. The average molecular weight is 745 g/mol. The molecule has 0 radical (unpaired) electrons. The van der Waals surface area contributed by atoms with Crippen LogP contribution in [-0.4, -0.2) is 0 Å². The summed E-state index contributed by atoms with van der Waals surface area (Å²) >= 11 is 7.56. The van der Waals surface area contributed by atoms with Gasteiger partial charge in [-0.3, -0.25) is 0 Å². The Kier molecular flexibility index (Phi) is 5.75. The van der Waals surface area contributed by atoms with Crippen LogP contribution in [0.3, 0.4) is 0 Å². The van der Waals surface area contributed by atoms with Gasteiger partial charge in [0.25, 0.3) is 0 Å². The summed E-state index contributed by atoms with van der Waals surface area (Å²) in [6.07, 6.45) is 0. The van der Waals surface area contributed by atoms with Gasteiger partial charge in [-0.2, -0.15) is 0 Å². The number of hydrogen-bond donors (Lipinski definition) is 0. The second kappa shape index (κ2) is 10.5. The molecule has 5 heteroatoms. The smallest absolute Gasteiger partial charge is 0.135 e. The summed E-state index contributed by atoms with van der Waals surface area (Å²) in [5.41, 5.74) is 6.69. The van der Waals surface area contributed by atoms with Gasteiger partial charge in [0.1, 0.15) is 11.2 Å². The second-order valence-electron chi connectivity index (χ2n) is 14.0. The third kappa shape index (κ3) is 4.16. The Morgan fingerprint density at radius 3 is 1.13 bits per heavy atom. The summed E-state index contributed by atoms with van der Waals surface area (Å²) < 4.78 is 17.2. The zero-order chi connectivity index (χ0) is 34.4. The summed E-state index contributed by atoms with van der Waals surface area (Å²) in [5, 5.41) is 13.0. The van der Waals surface area contributed by atoms with E-state index in [-0.39, 0.29) is 0 Å². The highest BCUT2D eigenvalue weighted by molar-refractivity contribution is 7.28. The lowest BCUT2D eigenvalue weighted by atomic mass is 9.98. The molecule has 1 nitrogen and oxygen atoms in total. The number of hydrogen-bond acceptors (Lipinski definition) is 5. The van der Waals surface area contributed by atoms with Crippen molar-refractivity contribution < 1.29 is 4.42 Å². The highest BCUT2D eigenvalue weighted by Gasteiger charge is 2.16. The summed E-state index contributed by atoms with van der Waals surface area (Å²) in [6.45, 7) is 0. The van der Waals surface area contributed by atoms with Crippen LogP contribution in [0, 0.1) is 0 Å². The monoisotopic (exact) mass is 744 g/mol. The molecule has 0 aliphatic heterocycles. The minimum atomic E-state index is 0.918. The molecule has 13 rings (SSSR count). The van der Waals surface area contributed by atoms with Crippen molar-refractivity contribution >= 4 is 148 Å². The van der Waals surface area contributed by atoms with E-state index in [0.717, 1.165) is 21.9 Å². The van der Waals surface area contributed by atoms with E-state index < -0.39 is 0 Å². The first-order chi connectivity index (χ1) is 26.2.